The van der Waals surface area contributed by atoms with Crippen LogP contribution < -0.4 is 5.32 Å². The van der Waals surface area contributed by atoms with Crippen LogP contribution in [0.5, 0.6) is 0 Å². The Morgan fingerprint density at radius 1 is 1.57 bits per heavy atom. The molecule has 14 heavy (non-hydrogen) atoms. The summed E-state index contributed by atoms with van der Waals surface area (Å²) in [6.45, 7) is 5.51. The zero-order valence-electron chi connectivity index (χ0n) is 9.25. The highest BCUT2D eigenvalue weighted by atomic mass is 15.2. The molecule has 2 atom stereocenters. The van der Waals surface area contributed by atoms with Crippen molar-refractivity contribution in [1.82, 2.24) is 15.1 Å². The second-order valence-corrected chi connectivity index (χ2v) is 4.42. The average Bonchev–Trinajstić information content (AvgIpc) is 2.45. The summed E-state index contributed by atoms with van der Waals surface area (Å²) in [5, 5.41) is 7.89. The molecule has 1 aliphatic rings. The molecule has 3 heteroatoms. The summed E-state index contributed by atoms with van der Waals surface area (Å²) in [4.78, 5) is 0. The Bertz CT molecular complexity index is 316. The van der Waals surface area contributed by atoms with Crippen molar-refractivity contribution in [3.8, 4) is 0 Å². The molecule has 0 radical (unpaired) electrons. The standard InChI is InChI=1S/C11H19N3/c1-8-6-10(4-5-12-8)11-7-14(3)13-9(11)2/h7-8,10,12H,4-6H2,1-3H3. The summed E-state index contributed by atoms with van der Waals surface area (Å²) in [5.74, 6) is 0.708. The van der Waals surface area contributed by atoms with Crippen molar-refractivity contribution in [3.63, 3.8) is 0 Å². The molecule has 0 saturated carbocycles. The van der Waals surface area contributed by atoms with Gasteiger partial charge in [0, 0.05) is 19.3 Å². The molecule has 0 amide bonds. The van der Waals surface area contributed by atoms with E-state index < -0.39 is 0 Å². The van der Waals surface area contributed by atoms with Gasteiger partial charge in [0.05, 0.1) is 5.69 Å². The van der Waals surface area contributed by atoms with Crippen LogP contribution in [0.3, 0.4) is 0 Å². The van der Waals surface area contributed by atoms with Gasteiger partial charge in [0.15, 0.2) is 0 Å². The van der Waals surface area contributed by atoms with E-state index in [0.29, 0.717) is 12.0 Å². The third-order valence-corrected chi connectivity index (χ3v) is 3.11. The summed E-state index contributed by atoms with van der Waals surface area (Å²) < 4.78 is 1.93. The molecule has 0 aromatic carbocycles. The van der Waals surface area contributed by atoms with Crippen LogP contribution in [0.15, 0.2) is 6.20 Å². The van der Waals surface area contributed by atoms with Crippen LogP contribution in [-0.4, -0.2) is 22.4 Å². The highest BCUT2D eigenvalue weighted by molar-refractivity contribution is 5.21. The zero-order valence-corrected chi connectivity index (χ0v) is 9.25. The fourth-order valence-corrected chi connectivity index (χ4v) is 2.43. The third-order valence-electron chi connectivity index (χ3n) is 3.11. The van der Waals surface area contributed by atoms with E-state index in [1.165, 1.54) is 24.1 Å². The molecule has 1 saturated heterocycles. The molecule has 0 aliphatic carbocycles. The normalized spacial score (nSPS) is 27.9. The molecule has 3 nitrogen and oxygen atoms in total. The quantitative estimate of drug-likeness (QED) is 0.734. The molecule has 1 fully saturated rings. The van der Waals surface area contributed by atoms with E-state index in [1.807, 2.05) is 11.7 Å². The maximum atomic E-state index is 4.41. The molecule has 0 bridgehead atoms. The van der Waals surface area contributed by atoms with Crippen LogP contribution in [0.4, 0.5) is 0 Å². The largest absolute Gasteiger partial charge is 0.314 e. The minimum absolute atomic E-state index is 0.647. The van der Waals surface area contributed by atoms with Gasteiger partial charge in [-0.3, -0.25) is 4.68 Å². The Balaban J connectivity index is 2.17. The van der Waals surface area contributed by atoms with Crippen molar-refractivity contribution < 1.29 is 0 Å². The number of rotatable bonds is 1. The monoisotopic (exact) mass is 193 g/mol. The molecule has 2 heterocycles. The topological polar surface area (TPSA) is 29.9 Å². The van der Waals surface area contributed by atoms with Gasteiger partial charge in [0.25, 0.3) is 0 Å². The first kappa shape index (κ1) is 9.71. The molecular formula is C11H19N3. The zero-order chi connectivity index (χ0) is 10.1. The fraction of sp³-hybridized carbons (Fsp3) is 0.727. The highest BCUT2D eigenvalue weighted by Gasteiger charge is 2.22. The van der Waals surface area contributed by atoms with Crippen LogP contribution in [0.25, 0.3) is 0 Å². The number of nitrogens with one attached hydrogen (secondary N) is 1. The van der Waals surface area contributed by atoms with Gasteiger partial charge in [-0.1, -0.05) is 0 Å². The van der Waals surface area contributed by atoms with Gasteiger partial charge in [-0.2, -0.15) is 5.10 Å². The summed E-state index contributed by atoms with van der Waals surface area (Å²) in [6.07, 6.45) is 4.67. The SMILES string of the molecule is Cc1nn(C)cc1C1CCNC(C)C1. The number of aromatic nitrogens is 2. The van der Waals surface area contributed by atoms with E-state index in [1.54, 1.807) is 0 Å². The van der Waals surface area contributed by atoms with Gasteiger partial charge in [-0.15, -0.1) is 0 Å². The molecule has 2 unspecified atom stereocenters. The molecule has 2 rings (SSSR count). The van der Waals surface area contributed by atoms with Gasteiger partial charge < -0.3 is 5.32 Å². The first-order chi connectivity index (χ1) is 6.66. The summed E-state index contributed by atoms with van der Waals surface area (Å²) in [6, 6.07) is 0.647. The van der Waals surface area contributed by atoms with Crippen molar-refractivity contribution in [1.29, 1.82) is 0 Å². The van der Waals surface area contributed by atoms with Crippen molar-refractivity contribution in [2.45, 2.75) is 38.6 Å². The van der Waals surface area contributed by atoms with E-state index in [0.717, 1.165) is 6.54 Å². The molecular weight excluding hydrogens is 174 g/mol. The Labute approximate surface area is 85.5 Å². The van der Waals surface area contributed by atoms with E-state index in [-0.39, 0.29) is 0 Å². The number of piperidine rings is 1. The van der Waals surface area contributed by atoms with E-state index in [9.17, 15) is 0 Å². The van der Waals surface area contributed by atoms with E-state index in [4.69, 9.17) is 0 Å². The minimum atomic E-state index is 0.647. The lowest BCUT2D eigenvalue weighted by molar-refractivity contribution is 0.380. The van der Waals surface area contributed by atoms with Gasteiger partial charge in [0.2, 0.25) is 0 Å². The third kappa shape index (κ3) is 1.82. The van der Waals surface area contributed by atoms with Crippen LogP contribution in [0.2, 0.25) is 0 Å². The predicted octanol–water partition coefficient (Wildman–Crippen LogP) is 1.58. The number of hydrogen-bond acceptors (Lipinski definition) is 2. The van der Waals surface area contributed by atoms with Crippen LogP contribution in [0.1, 0.15) is 36.9 Å². The number of hydrogen-bond donors (Lipinski definition) is 1. The second kappa shape index (κ2) is 3.73. The van der Waals surface area contributed by atoms with Crippen LogP contribution in [0, 0.1) is 6.92 Å². The molecule has 78 valence electrons. The lowest BCUT2D eigenvalue weighted by Gasteiger charge is -2.27. The smallest absolute Gasteiger partial charge is 0.0628 e. The molecule has 1 N–H and O–H groups in total. The molecule has 1 aromatic rings. The minimum Gasteiger partial charge on any atom is -0.314 e. The lowest BCUT2D eigenvalue weighted by Crippen LogP contribution is -2.34. The average molecular weight is 193 g/mol. The first-order valence-corrected chi connectivity index (χ1v) is 5.40. The summed E-state index contributed by atoms with van der Waals surface area (Å²) >= 11 is 0. The van der Waals surface area contributed by atoms with Crippen LogP contribution in [-0.2, 0) is 7.05 Å². The fourth-order valence-electron chi connectivity index (χ4n) is 2.43. The van der Waals surface area contributed by atoms with Crippen molar-refractivity contribution >= 4 is 0 Å². The Morgan fingerprint density at radius 3 is 2.93 bits per heavy atom. The summed E-state index contributed by atoms with van der Waals surface area (Å²) in [7, 11) is 2.00. The second-order valence-electron chi connectivity index (χ2n) is 4.42. The van der Waals surface area contributed by atoms with E-state index >= 15 is 0 Å². The van der Waals surface area contributed by atoms with Crippen molar-refractivity contribution in [2.75, 3.05) is 6.54 Å². The van der Waals surface area contributed by atoms with Gasteiger partial charge in [-0.05, 0) is 44.7 Å². The number of aryl methyl sites for hydroxylation is 2. The molecule has 0 spiro atoms. The first-order valence-electron chi connectivity index (χ1n) is 5.40. The maximum Gasteiger partial charge on any atom is 0.0628 e. The maximum absolute atomic E-state index is 4.41. The van der Waals surface area contributed by atoms with Crippen molar-refractivity contribution in [2.24, 2.45) is 7.05 Å². The van der Waals surface area contributed by atoms with Gasteiger partial charge in [0.1, 0.15) is 0 Å². The lowest BCUT2D eigenvalue weighted by atomic mass is 9.87. The molecule has 1 aliphatic heterocycles. The molecule has 1 aromatic heterocycles. The van der Waals surface area contributed by atoms with Crippen molar-refractivity contribution in [3.05, 3.63) is 17.5 Å². The Kier molecular flexibility index (Phi) is 2.59. The van der Waals surface area contributed by atoms with E-state index in [2.05, 4.69) is 30.5 Å². The Morgan fingerprint density at radius 2 is 2.36 bits per heavy atom. The van der Waals surface area contributed by atoms with Gasteiger partial charge >= 0.3 is 0 Å². The Hall–Kier alpha value is -0.830. The highest BCUT2D eigenvalue weighted by Crippen LogP contribution is 2.29. The number of nitrogens with zero attached hydrogens (tertiary/aromatic N) is 2. The van der Waals surface area contributed by atoms with Gasteiger partial charge in [-0.25, -0.2) is 0 Å². The summed E-state index contributed by atoms with van der Waals surface area (Å²) in [5.41, 5.74) is 2.65. The van der Waals surface area contributed by atoms with Crippen LogP contribution >= 0.6 is 0 Å². The predicted molar refractivity (Wildman–Crippen MR) is 57.4 cm³/mol.